The number of hydrogen-bond acceptors (Lipinski definition) is 5. The van der Waals surface area contributed by atoms with Crippen LogP contribution in [0.2, 0.25) is 0 Å². The summed E-state index contributed by atoms with van der Waals surface area (Å²) in [5.41, 5.74) is 1.95. The average Bonchev–Trinajstić information content (AvgIpc) is 2.68. The molecule has 0 unspecified atom stereocenters. The predicted molar refractivity (Wildman–Crippen MR) is 114 cm³/mol. The maximum Gasteiger partial charge on any atom is 0.259 e. The molecule has 0 saturated carbocycles. The number of amides is 1. The molecule has 1 fully saturated rings. The molecule has 1 heterocycles. The minimum Gasteiger partial charge on any atom is -0.496 e. The molecule has 3 rings (SSSR count). The first-order chi connectivity index (χ1) is 13.3. The molecule has 9 heteroatoms. The van der Waals surface area contributed by atoms with Crippen molar-refractivity contribution in [2.24, 2.45) is 0 Å². The van der Waals surface area contributed by atoms with Crippen molar-refractivity contribution in [3.63, 3.8) is 0 Å². The summed E-state index contributed by atoms with van der Waals surface area (Å²) in [5.74, 6) is 0.209. The molecule has 0 spiro atoms. The molecule has 1 N–H and O–H groups in total. The molecule has 150 valence electrons. The van der Waals surface area contributed by atoms with Crippen molar-refractivity contribution in [1.29, 1.82) is 0 Å². The number of para-hydroxylation sites is 2. The van der Waals surface area contributed by atoms with E-state index < -0.39 is 10.0 Å². The number of halogens is 1. The van der Waals surface area contributed by atoms with E-state index in [4.69, 9.17) is 4.74 Å². The van der Waals surface area contributed by atoms with Gasteiger partial charge in [0.2, 0.25) is 10.0 Å². The molecule has 1 aliphatic heterocycles. The van der Waals surface area contributed by atoms with E-state index in [1.54, 1.807) is 12.1 Å². The van der Waals surface area contributed by atoms with Crippen molar-refractivity contribution in [2.45, 2.75) is 0 Å². The highest BCUT2D eigenvalue weighted by molar-refractivity contribution is 9.10. The van der Waals surface area contributed by atoms with Crippen LogP contribution < -0.4 is 15.0 Å². The average molecular weight is 468 g/mol. The first-order valence-corrected chi connectivity index (χ1v) is 11.4. The normalized spacial score (nSPS) is 15.3. The van der Waals surface area contributed by atoms with E-state index in [1.807, 2.05) is 30.3 Å². The maximum atomic E-state index is 12.8. The summed E-state index contributed by atoms with van der Waals surface area (Å²) in [6, 6.07) is 12.8. The SMILES string of the molecule is COc1ccc(Br)cc1C(=O)Nc1ccccc1N1CCN(S(C)(=O)=O)CC1. The number of nitrogens with one attached hydrogen (secondary N) is 1. The van der Waals surface area contributed by atoms with Crippen LogP contribution in [0.3, 0.4) is 0 Å². The number of carbonyl (C=O) groups excluding carboxylic acids is 1. The Morgan fingerprint density at radius 2 is 1.79 bits per heavy atom. The lowest BCUT2D eigenvalue weighted by Crippen LogP contribution is -2.48. The van der Waals surface area contributed by atoms with E-state index in [0.29, 0.717) is 43.2 Å². The molecule has 28 heavy (non-hydrogen) atoms. The molecule has 1 amide bonds. The van der Waals surface area contributed by atoms with Crippen LogP contribution in [0.15, 0.2) is 46.9 Å². The summed E-state index contributed by atoms with van der Waals surface area (Å²) in [4.78, 5) is 14.9. The van der Waals surface area contributed by atoms with Gasteiger partial charge in [0.15, 0.2) is 0 Å². The van der Waals surface area contributed by atoms with Crippen LogP contribution >= 0.6 is 15.9 Å². The largest absolute Gasteiger partial charge is 0.496 e. The number of benzene rings is 2. The molecule has 2 aromatic carbocycles. The number of hydrogen-bond donors (Lipinski definition) is 1. The van der Waals surface area contributed by atoms with Gasteiger partial charge in [-0.3, -0.25) is 4.79 Å². The highest BCUT2D eigenvalue weighted by Crippen LogP contribution is 2.29. The highest BCUT2D eigenvalue weighted by atomic mass is 79.9. The monoisotopic (exact) mass is 467 g/mol. The standard InChI is InChI=1S/C19H22BrN3O4S/c1-27-18-8-7-14(20)13-15(18)19(24)21-16-5-3-4-6-17(16)22-9-11-23(12-10-22)28(2,25)26/h3-8,13H,9-12H2,1-2H3,(H,21,24). The third-order valence-corrected chi connectivity index (χ3v) is 6.40. The lowest BCUT2D eigenvalue weighted by Gasteiger charge is -2.35. The molecule has 0 radical (unpaired) electrons. The Balaban J connectivity index is 1.80. The molecule has 0 aliphatic carbocycles. The summed E-state index contributed by atoms with van der Waals surface area (Å²) in [6.07, 6.45) is 1.22. The summed E-state index contributed by atoms with van der Waals surface area (Å²) >= 11 is 3.38. The van der Waals surface area contributed by atoms with Crippen LogP contribution in [0.1, 0.15) is 10.4 Å². The molecule has 0 bridgehead atoms. The van der Waals surface area contributed by atoms with Gasteiger partial charge in [-0.05, 0) is 30.3 Å². The Hall–Kier alpha value is -2.10. The van der Waals surface area contributed by atoms with Crippen molar-refractivity contribution < 1.29 is 17.9 Å². The second-order valence-electron chi connectivity index (χ2n) is 6.46. The smallest absolute Gasteiger partial charge is 0.259 e. The lowest BCUT2D eigenvalue weighted by molar-refractivity contribution is 0.102. The number of sulfonamides is 1. The van der Waals surface area contributed by atoms with Crippen molar-refractivity contribution in [1.82, 2.24) is 4.31 Å². The second-order valence-corrected chi connectivity index (χ2v) is 9.36. The summed E-state index contributed by atoms with van der Waals surface area (Å²) in [5, 5.41) is 2.95. The molecule has 0 aromatic heterocycles. The van der Waals surface area contributed by atoms with Gasteiger partial charge >= 0.3 is 0 Å². The minimum absolute atomic E-state index is 0.277. The number of piperazine rings is 1. The topological polar surface area (TPSA) is 79.0 Å². The van der Waals surface area contributed by atoms with Crippen molar-refractivity contribution in [3.8, 4) is 5.75 Å². The molecular formula is C19H22BrN3O4S. The zero-order valence-electron chi connectivity index (χ0n) is 15.7. The minimum atomic E-state index is -3.19. The first-order valence-electron chi connectivity index (χ1n) is 8.73. The molecule has 0 atom stereocenters. The Labute approximate surface area is 173 Å². The van der Waals surface area contributed by atoms with Gasteiger partial charge in [-0.2, -0.15) is 4.31 Å². The third-order valence-electron chi connectivity index (χ3n) is 4.61. The quantitative estimate of drug-likeness (QED) is 0.731. The fourth-order valence-corrected chi connectivity index (χ4v) is 4.35. The van der Waals surface area contributed by atoms with E-state index in [1.165, 1.54) is 17.7 Å². The maximum absolute atomic E-state index is 12.8. The Morgan fingerprint density at radius 3 is 2.43 bits per heavy atom. The van der Waals surface area contributed by atoms with E-state index >= 15 is 0 Å². The number of ether oxygens (including phenoxy) is 1. The third kappa shape index (κ3) is 4.65. The zero-order chi connectivity index (χ0) is 20.3. The van der Waals surface area contributed by atoms with Crippen molar-refractivity contribution in [2.75, 3.05) is 49.8 Å². The fourth-order valence-electron chi connectivity index (χ4n) is 3.16. The van der Waals surface area contributed by atoms with Crippen LogP contribution in [-0.4, -0.2) is 58.2 Å². The van der Waals surface area contributed by atoms with Gasteiger partial charge in [0, 0.05) is 30.7 Å². The summed E-state index contributed by atoms with van der Waals surface area (Å²) < 4.78 is 31.0. The van der Waals surface area contributed by atoms with Crippen LogP contribution in [-0.2, 0) is 10.0 Å². The summed E-state index contributed by atoms with van der Waals surface area (Å²) in [7, 11) is -1.67. The van der Waals surface area contributed by atoms with E-state index in [2.05, 4.69) is 26.1 Å². The molecule has 1 saturated heterocycles. The van der Waals surface area contributed by atoms with E-state index in [-0.39, 0.29) is 5.91 Å². The second kappa shape index (κ2) is 8.50. The van der Waals surface area contributed by atoms with Crippen LogP contribution in [0.4, 0.5) is 11.4 Å². The van der Waals surface area contributed by atoms with Gasteiger partial charge in [-0.1, -0.05) is 28.1 Å². The van der Waals surface area contributed by atoms with Crippen molar-refractivity contribution in [3.05, 3.63) is 52.5 Å². The van der Waals surface area contributed by atoms with Gasteiger partial charge in [-0.15, -0.1) is 0 Å². The van der Waals surface area contributed by atoms with Gasteiger partial charge in [0.1, 0.15) is 5.75 Å². The number of carbonyl (C=O) groups is 1. The number of anilines is 2. The van der Waals surface area contributed by atoms with Crippen LogP contribution in [0.25, 0.3) is 0 Å². The number of nitrogens with zero attached hydrogens (tertiary/aromatic N) is 2. The fraction of sp³-hybridized carbons (Fsp3) is 0.316. The lowest BCUT2D eigenvalue weighted by atomic mass is 10.1. The Bertz CT molecular complexity index is 973. The highest BCUT2D eigenvalue weighted by Gasteiger charge is 2.25. The van der Waals surface area contributed by atoms with E-state index in [9.17, 15) is 13.2 Å². The number of methoxy groups -OCH3 is 1. The molecule has 1 aliphatic rings. The molecule has 2 aromatic rings. The van der Waals surface area contributed by atoms with Crippen molar-refractivity contribution >= 4 is 43.2 Å². The Kier molecular flexibility index (Phi) is 6.26. The van der Waals surface area contributed by atoms with Gasteiger partial charge in [-0.25, -0.2) is 8.42 Å². The van der Waals surface area contributed by atoms with Crippen LogP contribution in [0.5, 0.6) is 5.75 Å². The Morgan fingerprint density at radius 1 is 1.11 bits per heavy atom. The van der Waals surface area contributed by atoms with Crippen LogP contribution in [0, 0.1) is 0 Å². The predicted octanol–water partition coefficient (Wildman–Crippen LogP) is 2.79. The first kappa shape index (κ1) is 20.6. The summed E-state index contributed by atoms with van der Waals surface area (Å²) in [6.45, 7) is 1.95. The van der Waals surface area contributed by atoms with Gasteiger partial charge < -0.3 is 15.0 Å². The number of rotatable bonds is 5. The molecular weight excluding hydrogens is 446 g/mol. The van der Waals surface area contributed by atoms with Gasteiger partial charge in [0.25, 0.3) is 5.91 Å². The van der Waals surface area contributed by atoms with Gasteiger partial charge in [0.05, 0.1) is 30.3 Å². The van der Waals surface area contributed by atoms with E-state index in [0.717, 1.165) is 10.2 Å². The molecule has 7 nitrogen and oxygen atoms in total. The zero-order valence-corrected chi connectivity index (χ0v) is 18.1.